The Kier molecular flexibility index (Phi) is 7.11. The Morgan fingerprint density at radius 1 is 1.10 bits per heavy atom. The summed E-state index contributed by atoms with van der Waals surface area (Å²) in [6, 6.07) is 0.185. The van der Waals surface area contributed by atoms with Crippen molar-refractivity contribution < 1.29 is 19.5 Å². The second-order valence-electron chi connectivity index (χ2n) is 7.99. The van der Waals surface area contributed by atoms with E-state index in [0.717, 1.165) is 36.1 Å². The summed E-state index contributed by atoms with van der Waals surface area (Å²) in [5.74, 6) is -2.77. The van der Waals surface area contributed by atoms with E-state index >= 15 is 0 Å². The number of carbonyl (C=O) groups is 3. The summed E-state index contributed by atoms with van der Waals surface area (Å²) in [5.41, 5.74) is 1.50. The van der Waals surface area contributed by atoms with Gasteiger partial charge in [-0.15, -0.1) is 11.3 Å². The van der Waals surface area contributed by atoms with Gasteiger partial charge in [0.05, 0.1) is 17.4 Å². The first-order valence-corrected chi connectivity index (χ1v) is 11.4. The summed E-state index contributed by atoms with van der Waals surface area (Å²) >= 11 is 1.40. The van der Waals surface area contributed by atoms with Crippen LogP contribution in [0, 0.1) is 18.8 Å². The molecule has 2 aliphatic carbocycles. The van der Waals surface area contributed by atoms with E-state index in [1.54, 1.807) is 0 Å². The summed E-state index contributed by atoms with van der Waals surface area (Å²) in [6.07, 6.45) is 10.6. The summed E-state index contributed by atoms with van der Waals surface area (Å²) in [7, 11) is 0. The number of thiophene rings is 1. The molecule has 1 saturated carbocycles. The number of nitrogens with one attached hydrogen (secondary N) is 2. The molecular formula is C22H30N2O4S. The normalized spacial score (nSPS) is 22.3. The lowest BCUT2D eigenvalue weighted by Crippen LogP contribution is -2.37. The Balaban J connectivity index is 1.81. The molecule has 0 saturated heterocycles. The Hall–Kier alpha value is -2.15. The van der Waals surface area contributed by atoms with Crippen molar-refractivity contribution in [2.75, 3.05) is 5.32 Å². The number of carboxylic acid groups (broad SMARTS) is 1. The molecule has 0 unspecified atom stereocenters. The molecule has 7 heteroatoms. The van der Waals surface area contributed by atoms with Crippen LogP contribution in [0.4, 0.5) is 5.00 Å². The number of carboxylic acids is 1. The van der Waals surface area contributed by atoms with Crippen LogP contribution in [0.3, 0.4) is 0 Å². The fourth-order valence-electron chi connectivity index (χ4n) is 4.42. The van der Waals surface area contributed by atoms with E-state index in [-0.39, 0.29) is 17.9 Å². The number of rotatable bonds is 6. The van der Waals surface area contributed by atoms with Crippen LogP contribution in [0.1, 0.15) is 72.7 Å². The van der Waals surface area contributed by atoms with Crippen molar-refractivity contribution in [1.82, 2.24) is 5.32 Å². The zero-order valence-corrected chi connectivity index (χ0v) is 17.9. The van der Waals surface area contributed by atoms with E-state index in [2.05, 4.69) is 10.6 Å². The Morgan fingerprint density at radius 2 is 1.76 bits per heavy atom. The predicted octanol–water partition coefficient (Wildman–Crippen LogP) is 4.29. The fraction of sp³-hybridized carbons (Fsp3) is 0.591. The maximum Gasteiger partial charge on any atom is 0.307 e. The van der Waals surface area contributed by atoms with Gasteiger partial charge in [0.25, 0.3) is 5.91 Å². The van der Waals surface area contributed by atoms with E-state index in [9.17, 15) is 19.5 Å². The zero-order chi connectivity index (χ0) is 21.0. The molecule has 2 amide bonds. The van der Waals surface area contributed by atoms with Gasteiger partial charge in [-0.25, -0.2) is 0 Å². The molecule has 3 rings (SSSR count). The van der Waals surface area contributed by atoms with Gasteiger partial charge in [0, 0.05) is 10.9 Å². The number of anilines is 1. The lowest BCUT2D eigenvalue weighted by molar-refractivity contribution is -0.146. The molecular weight excluding hydrogens is 388 g/mol. The van der Waals surface area contributed by atoms with Crippen molar-refractivity contribution >= 4 is 34.1 Å². The minimum Gasteiger partial charge on any atom is -0.481 e. The molecule has 0 spiro atoms. The number of aryl methyl sites for hydroxylation is 1. The summed E-state index contributed by atoms with van der Waals surface area (Å²) in [6.45, 7) is 3.96. The highest BCUT2D eigenvalue weighted by molar-refractivity contribution is 7.16. The molecule has 1 aromatic rings. The summed E-state index contributed by atoms with van der Waals surface area (Å²) in [5, 5.41) is 16.1. The van der Waals surface area contributed by atoms with Gasteiger partial charge in [-0.1, -0.05) is 38.3 Å². The monoisotopic (exact) mass is 418 g/mol. The van der Waals surface area contributed by atoms with E-state index in [0.29, 0.717) is 29.8 Å². The van der Waals surface area contributed by atoms with Gasteiger partial charge in [0.1, 0.15) is 5.00 Å². The largest absolute Gasteiger partial charge is 0.481 e. The Labute approximate surface area is 175 Å². The van der Waals surface area contributed by atoms with Gasteiger partial charge in [-0.3, -0.25) is 14.4 Å². The third-order valence-corrected chi connectivity index (χ3v) is 7.12. The SMILES string of the molecule is CCc1c(C)sc(NC(=O)[C@@H]2CC=CC[C@@H]2C(=O)O)c1C(=O)NC1CCCCC1. The number of hydrogen-bond donors (Lipinski definition) is 3. The quantitative estimate of drug-likeness (QED) is 0.601. The fourth-order valence-corrected chi connectivity index (χ4v) is 5.56. The molecule has 2 aliphatic rings. The highest BCUT2D eigenvalue weighted by Crippen LogP contribution is 2.35. The van der Waals surface area contributed by atoms with Crippen LogP contribution in [0.15, 0.2) is 12.2 Å². The molecule has 2 atom stereocenters. The molecule has 1 heterocycles. The molecule has 1 fully saturated rings. The van der Waals surface area contributed by atoms with Crippen molar-refractivity contribution in [2.24, 2.45) is 11.8 Å². The molecule has 29 heavy (non-hydrogen) atoms. The minimum absolute atomic E-state index is 0.133. The van der Waals surface area contributed by atoms with Gasteiger partial charge in [0.15, 0.2) is 0 Å². The number of hydrogen-bond acceptors (Lipinski definition) is 4. The van der Waals surface area contributed by atoms with Gasteiger partial charge < -0.3 is 15.7 Å². The average Bonchev–Trinajstić information content (AvgIpc) is 3.03. The van der Waals surface area contributed by atoms with Crippen molar-refractivity contribution in [2.45, 2.75) is 71.3 Å². The molecule has 0 radical (unpaired) electrons. The molecule has 0 bridgehead atoms. The van der Waals surface area contributed by atoms with Crippen molar-refractivity contribution in [1.29, 1.82) is 0 Å². The van der Waals surface area contributed by atoms with Gasteiger partial charge in [-0.05, 0) is 44.6 Å². The van der Waals surface area contributed by atoms with Gasteiger partial charge >= 0.3 is 5.97 Å². The smallest absolute Gasteiger partial charge is 0.307 e. The molecule has 0 aromatic carbocycles. The van der Waals surface area contributed by atoms with E-state index < -0.39 is 17.8 Å². The van der Waals surface area contributed by atoms with Crippen LogP contribution in [-0.2, 0) is 16.0 Å². The Morgan fingerprint density at radius 3 is 2.38 bits per heavy atom. The molecule has 1 aromatic heterocycles. The predicted molar refractivity (Wildman–Crippen MR) is 114 cm³/mol. The van der Waals surface area contributed by atoms with E-state index in [1.807, 2.05) is 26.0 Å². The summed E-state index contributed by atoms with van der Waals surface area (Å²) in [4.78, 5) is 38.6. The average molecular weight is 419 g/mol. The number of aliphatic carboxylic acids is 1. The standard InChI is InChI=1S/C22H30N2O4S/c1-3-15-13(2)29-21(18(15)20(26)23-14-9-5-4-6-10-14)24-19(25)16-11-7-8-12-17(16)22(27)28/h7-8,14,16-17H,3-6,9-12H2,1-2H3,(H,23,26)(H,24,25)(H,27,28)/t16-,17+/m1/s1. The topological polar surface area (TPSA) is 95.5 Å². The third kappa shape index (κ3) is 4.89. The highest BCUT2D eigenvalue weighted by Gasteiger charge is 2.35. The van der Waals surface area contributed by atoms with Gasteiger partial charge in [-0.2, -0.15) is 0 Å². The first-order valence-electron chi connectivity index (χ1n) is 10.5. The zero-order valence-electron chi connectivity index (χ0n) is 17.1. The van der Waals surface area contributed by atoms with Gasteiger partial charge in [0.2, 0.25) is 5.91 Å². The second-order valence-corrected chi connectivity index (χ2v) is 9.21. The van der Waals surface area contributed by atoms with Crippen LogP contribution >= 0.6 is 11.3 Å². The number of amides is 2. The second kappa shape index (κ2) is 9.57. The molecule has 0 aliphatic heterocycles. The molecule has 3 N–H and O–H groups in total. The number of allylic oxidation sites excluding steroid dienone is 2. The maximum absolute atomic E-state index is 13.1. The third-order valence-electron chi connectivity index (χ3n) is 6.05. The van der Waals surface area contributed by atoms with E-state index in [4.69, 9.17) is 0 Å². The molecule has 6 nitrogen and oxygen atoms in total. The minimum atomic E-state index is -0.957. The van der Waals surface area contributed by atoms with Crippen LogP contribution in [0.5, 0.6) is 0 Å². The Bertz CT molecular complexity index is 808. The number of carbonyl (C=O) groups excluding carboxylic acids is 2. The van der Waals surface area contributed by atoms with Crippen molar-refractivity contribution in [3.8, 4) is 0 Å². The van der Waals surface area contributed by atoms with Crippen LogP contribution in [-0.4, -0.2) is 28.9 Å². The van der Waals surface area contributed by atoms with Crippen LogP contribution in [0.2, 0.25) is 0 Å². The lowest BCUT2D eigenvalue weighted by Gasteiger charge is -2.25. The first kappa shape index (κ1) is 21.6. The van der Waals surface area contributed by atoms with Crippen molar-refractivity contribution in [3.05, 3.63) is 28.2 Å². The maximum atomic E-state index is 13.1. The van der Waals surface area contributed by atoms with Crippen LogP contribution in [0.25, 0.3) is 0 Å². The highest BCUT2D eigenvalue weighted by atomic mass is 32.1. The van der Waals surface area contributed by atoms with E-state index in [1.165, 1.54) is 17.8 Å². The first-order chi connectivity index (χ1) is 13.9. The lowest BCUT2D eigenvalue weighted by atomic mass is 9.82. The van der Waals surface area contributed by atoms with Crippen LogP contribution < -0.4 is 10.6 Å². The summed E-state index contributed by atoms with van der Waals surface area (Å²) < 4.78 is 0. The van der Waals surface area contributed by atoms with Crippen molar-refractivity contribution in [3.63, 3.8) is 0 Å². The molecule has 158 valence electrons.